The van der Waals surface area contributed by atoms with Crippen LogP contribution in [0.2, 0.25) is 0 Å². The second kappa shape index (κ2) is 6.17. The van der Waals surface area contributed by atoms with Crippen LogP contribution in [0.5, 0.6) is 0 Å². The minimum absolute atomic E-state index is 0.972. The Morgan fingerprint density at radius 3 is 2.38 bits per heavy atom. The lowest BCUT2D eigenvalue weighted by Gasteiger charge is -1.91. The molecule has 0 N–H and O–H groups in total. The van der Waals surface area contributed by atoms with Gasteiger partial charge in [0.1, 0.15) is 7.05 Å². The van der Waals surface area contributed by atoms with Crippen LogP contribution in [0.4, 0.5) is 0 Å². The van der Waals surface area contributed by atoms with Crippen molar-refractivity contribution in [2.75, 3.05) is 0 Å². The zero-order valence-electron chi connectivity index (χ0n) is 8.28. The highest BCUT2D eigenvalue weighted by Crippen LogP contribution is 1.89. The first-order valence-electron chi connectivity index (χ1n) is 4.19. The van der Waals surface area contributed by atoms with Gasteiger partial charge in [0.25, 0.3) is 0 Å². The Morgan fingerprint density at radius 1 is 1.54 bits per heavy atom. The van der Waals surface area contributed by atoms with E-state index in [1.807, 2.05) is 6.07 Å². The van der Waals surface area contributed by atoms with Crippen LogP contribution in [0.1, 0.15) is 19.5 Å². The van der Waals surface area contributed by atoms with E-state index in [1.54, 1.807) is 0 Å². The Kier molecular flexibility index (Phi) is 5.52. The Hall–Kier alpha value is -1.38. The number of aliphatic carboxylic acids is 1. The lowest BCUT2D eigenvalue weighted by molar-refractivity contribution is -0.679. The van der Waals surface area contributed by atoms with Gasteiger partial charge in [0.2, 0.25) is 0 Å². The summed E-state index contributed by atoms with van der Waals surface area (Å²) in [6, 6.07) is 6.25. The summed E-state index contributed by atoms with van der Waals surface area (Å²) in [5.41, 5.74) is 1.37. The Bertz CT molecular complexity index is 267. The van der Waals surface area contributed by atoms with Crippen molar-refractivity contribution < 1.29 is 14.5 Å². The van der Waals surface area contributed by atoms with E-state index in [9.17, 15) is 0 Å². The van der Waals surface area contributed by atoms with Crippen LogP contribution in [0.15, 0.2) is 24.4 Å². The summed E-state index contributed by atoms with van der Waals surface area (Å²) in [5, 5.41) is 8.89. The Labute approximate surface area is 78.6 Å². The van der Waals surface area contributed by atoms with Gasteiger partial charge >= 0.3 is 0 Å². The van der Waals surface area contributed by atoms with Gasteiger partial charge in [0.15, 0.2) is 11.9 Å². The van der Waals surface area contributed by atoms with E-state index in [-0.39, 0.29) is 0 Å². The van der Waals surface area contributed by atoms with E-state index >= 15 is 0 Å². The van der Waals surface area contributed by atoms with E-state index in [1.165, 1.54) is 5.69 Å². The van der Waals surface area contributed by atoms with Crippen LogP contribution in [0.3, 0.4) is 0 Å². The number of nitrogens with zero attached hydrogens (tertiary/aromatic N) is 1. The van der Waals surface area contributed by atoms with E-state index in [0.717, 1.165) is 13.3 Å². The molecule has 0 amide bonds. The number of hydrogen-bond donors (Lipinski definition) is 0. The van der Waals surface area contributed by atoms with Gasteiger partial charge in [-0.15, -0.1) is 0 Å². The summed E-state index contributed by atoms with van der Waals surface area (Å²) in [7, 11) is 2.07. The second-order valence-corrected chi connectivity index (χ2v) is 2.65. The highest BCUT2D eigenvalue weighted by atomic mass is 16.4. The summed E-state index contributed by atoms with van der Waals surface area (Å²) in [4.78, 5) is 8.89. The lowest BCUT2D eigenvalue weighted by Crippen LogP contribution is -2.32. The summed E-state index contributed by atoms with van der Waals surface area (Å²) in [5.74, 6) is -1.08. The first-order chi connectivity index (χ1) is 6.07. The first-order valence-corrected chi connectivity index (χ1v) is 4.19. The van der Waals surface area contributed by atoms with Gasteiger partial charge in [-0.3, -0.25) is 0 Å². The van der Waals surface area contributed by atoms with Crippen molar-refractivity contribution in [3.8, 4) is 0 Å². The van der Waals surface area contributed by atoms with Crippen molar-refractivity contribution in [2.45, 2.75) is 20.3 Å². The van der Waals surface area contributed by atoms with Gasteiger partial charge < -0.3 is 9.90 Å². The molecule has 0 bridgehead atoms. The van der Waals surface area contributed by atoms with Crippen molar-refractivity contribution in [3.63, 3.8) is 0 Å². The van der Waals surface area contributed by atoms with Gasteiger partial charge in [-0.1, -0.05) is 13.0 Å². The molecule has 0 fully saturated rings. The number of aromatic nitrogens is 1. The zero-order chi connectivity index (χ0) is 10.3. The maximum atomic E-state index is 8.89. The molecule has 1 rings (SSSR count). The standard InChI is InChI=1S/C8H12N.C2H4O2/c1-3-8-6-4-5-7-9(8)2;1-2(3)4/h4-7H,3H2,1-2H3;1H3,(H,3,4)/q+1;/p-1. The third kappa shape index (κ3) is 5.84. The van der Waals surface area contributed by atoms with Crippen LogP contribution >= 0.6 is 0 Å². The van der Waals surface area contributed by atoms with Gasteiger partial charge in [-0.05, 0) is 6.92 Å². The van der Waals surface area contributed by atoms with Gasteiger partial charge in [-0.2, -0.15) is 0 Å². The molecule has 1 aromatic rings. The SMILES string of the molecule is CC(=O)[O-].CCc1cccc[n+]1C. The van der Waals surface area contributed by atoms with E-state index in [2.05, 4.69) is 36.9 Å². The molecule has 0 saturated heterocycles. The molecule has 0 aliphatic rings. The fourth-order valence-corrected chi connectivity index (χ4v) is 0.926. The van der Waals surface area contributed by atoms with E-state index in [4.69, 9.17) is 9.90 Å². The third-order valence-corrected chi connectivity index (χ3v) is 1.52. The van der Waals surface area contributed by atoms with Crippen LogP contribution in [-0.2, 0) is 18.3 Å². The molecular formula is C10H15NO2. The summed E-state index contributed by atoms with van der Waals surface area (Å²) >= 11 is 0. The summed E-state index contributed by atoms with van der Waals surface area (Å²) < 4.78 is 2.14. The Balaban J connectivity index is 0.000000310. The number of carbonyl (C=O) groups excluding carboxylic acids is 1. The van der Waals surface area contributed by atoms with Crippen molar-refractivity contribution in [1.29, 1.82) is 0 Å². The number of aryl methyl sites for hydroxylation is 2. The number of pyridine rings is 1. The lowest BCUT2D eigenvalue weighted by atomic mass is 10.3. The monoisotopic (exact) mass is 181 g/mol. The molecule has 0 aliphatic heterocycles. The fourth-order valence-electron chi connectivity index (χ4n) is 0.926. The topological polar surface area (TPSA) is 44.0 Å². The molecule has 0 aromatic carbocycles. The minimum atomic E-state index is -1.08. The number of carbonyl (C=O) groups is 1. The largest absolute Gasteiger partial charge is 0.550 e. The number of carboxylic acid groups (broad SMARTS) is 1. The van der Waals surface area contributed by atoms with Crippen molar-refractivity contribution >= 4 is 5.97 Å². The molecule has 3 nitrogen and oxygen atoms in total. The van der Waals surface area contributed by atoms with Crippen LogP contribution < -0.4 is 9.67 Å². The average molecular weight is 181 g/mol. The highest BCUT2D eigenvalue weighted by Gasteiger charge is 1.97. The molecule has 1 aromatic heterocycles. The van der Waals surface area contributed by atoms with Crippen LogP contribution in [0, 0.1) is 0 Å². The number of carboxylic acids is 1. The maximum Gasteiger partial charge on any atom is 0.180 e. The van der Waals surface area contributed by atoms with Gasteiger partial charge in [0, 0.05) is 24.5 Å². The molecular weight excluding hydrogens is 166 g/mol. The first kappa shape index (κ1) is 11.6. The van der Waals surface area contributed by atoms with Gasteiger partial charge in [-0.25, -0.2) is 4.57 Å². The summed E-state index contributed by atoms with van der Waals surface area (Å²) in [6.07, 6.45) is 3.18. The molecule has 0 aliphatic carbocycles. The molecule has 0 unspecified atom stereocenters. The van der Waals surface area contributed by atoms with Crippen molar-refractivity contribution in [1.82, 2.24) is 0 Å². The number of rotatable bonds is 1. The molecule has 72 valence electrons. The average Bonchev–Trinajstić information content (AvgIpc) is 2.04. The third-order valence-electron chi connectivity index (χ3n) is 1.52. The zero-order valence-corrected chi connectivity index (χ0v) is 8.28. The Morgan fingerprint density at radius 2 is 2.08 bits per heavy atom. The number of hydrogen-bond acceptors (Lipinski definition) is 2. The molecule has 1 heterocycles. The van der Waals surface area contributed by atoms with Gasteiger partial charge in [0.05, 0.1) is 0 Å². The smallest absolute Gasteiger partial charge is 0.180 e. The van der Waals surface area contributed by atoms with Crippen molar-refractivity contribution in [2.24, 2.45) is 7.05 Å². The quantitative estimate of drug-likeness (QED) is 0.565. The maximum absolute atomic E-state index is 8.89. The molecule has 0 spiro atoms. The molecule has 3 heteroatoms. The van der Waals surface area contributed by atoms with Crippen molar-refractivity contribution in [3.05, 3.63) is 30.1 Å². The molecule has 0 saturated carbocycles. The van der Waals surface area contributed by atoms with Crippen LogP contribution in [0.25, 0.3) is 0 Å². The molecule has 0 radical (unpaired) electrons. The predicted octanol–water partition coefficient (Wildman–Crippen LogP) is -0.170. The molecule has 0 atom stereocenters. The predicted molar refractivity (Wildman–Crippen MR) is 47.7 cm³/mol. The summed E-state index contributed by atoms with van der Waals surface area (Å²) in [6.45, 7) is 3.13. The minimum Gasteiger partial charge on any atom is -0.550 e. The highest BCUT2D eigenvalue weighted by molar-refractivity contribution is 5.60. The fraction of sp³-hybridized carbons (Fsp3) is 0.400. The second-order valence-electron chi connectivity index (χ2n) is 2.65. The van der Waals surface area contributed by atoms with E-state index < -0.39 is 5.97 Å². The molecule has 13 heavy (non-hydrogen) atoms. The van der Waals surface area contributed by atoms with E-state index in [0.29, 0.717) is 0 Å². The van der Waals surface area contributed by atoms with Crippen LogP contribution in [-0.4, -0.2) is 5.97 Å². The normalized spacial score (nSPS) is 8.54.